The lowest BCUT2D eigenvalue weighted by Crippen LogP contribution is -2.37. The Hall–Kier alpha value is -2.38. The highest BCUT2D eigenvalue weighted by Gasteiger charge is 2.30. The Morgan fingerprint density at radius 3 is 2.37 bits per heavy atom. The summed E-state index contributed by atoms with van der Waals surface area (Å²) < 4.78 is 58.2. The molecule has 1 aromatic heterocycles. The minimum atomic E-state index is -4.32. The van der Waals surface area contributed by atoms with E-state index in [2.05, 4.69) is 9.88 Å². The van der Waals surface area contributed by atoms with Crippen molar-refractivity contribution in [3.05, 3.63) is 71.8 Å². The van der Waals surface area contributed by atoms with Crippen molar-refractivity contribution in [2.45, 2.75) is 31.7 Å². The van der Waals surface area contributed by atoms with Gasteiger partial charge in [0, 0.05) is 37.4 Å². The lowest BCUT2D eigenvalue weighted by molar-refractivity contribution is -0.137. The summed E-state index contributed by atoms with van der Waals surface area (Å²) in [5.74, 6) is -0.164. The molecule has 0 N–H and O–H groups in total. The number of ether oxygens (including phenoxy) is 1. The highest BCUT2D eigenvalue weighted by Crippen LogP contribution is 2.30. The molecule has 1 fully saturated rings. The number of piperidine rings is 1. The molecule has 0 radical (unpaired) electrons. The molecule has 160 valence electrons. The molecular formula is C22H21ClF4N2O. The van der Waals surface area contributed by atoms with Gasteiger partial charge in [0.1, 0.15) is 6.10 Å². The summed E-state index contributed by atoms with van der Waals surface area (Å²) in [6.45, 7) is 2.07. The molecule has 0 atom stereocenters. The molecule has 0 spiro atoms. The standard InChI is InChI=1S/C22H20F4N2O.ClH/c23-20-11-17-13-27-8-5-16(17)12-21(20)29-19-6-9-28(10-7-19)14-15-1-3-18(4-2-15)22(24,25)26;/h1-5,8,11-13,19H,6-7,9-10,14H2;1H. The van der Waals surface area contributed by atoms with Crippen LogP contribution in [0.1, 0.15) is 24.0 Å². The number of nitrogens with zero attached hydrogens (tertiary/aromatic N) is 2. The molecule has 3 nitrogen and oxygen atoms in total. The second kappa shape index (κ2) is 9.18. The fourth-order valence-electron chi connectivity index (χ4n) is 3.60. The summed E-state index contributed by atoms with van der Waals surface area (Å²) in [5.41, 5.74) is 0.202. The van der Waals surface area contributed by atoms with Crippen LogP contribution in [0.15, 0.2) is 54.9 Å². The van der Waals surface area contributed by atoms with Crippen molar-refractivity contribution in [1.29, 1.82) is 0 Å². The van der Waals surface area contributed by atoms with E-state index in [1.54, 1.807) is 18.5 Å². The predicted octanol–water partition coefficient (Wildman–Crippen LogP) is 5.86. The van der Waals surface area contributed by atoms with E-state index in [-0.39, 0.29) is 24.3 Å². The number of pyridine rings is 1. The molecule has 30 heavy (non-hydrogen) atoms. The monoisotopic (exact) mass is 440 g/mol. The maximum absolute atomic E-state index is 14.3. The van der Waals surface area contributed by atoms with Crippen LogP contribution in [0, 0.1) is 5.82 Å². The first-order valence-electron chi connectivity index (χ1n) is 9.47. The predicted molar refractivity (Wildman–Crippen MR) is 109 cm³/mol. The molecule has 1 aliphatic rings. The van der Waals surface area contributed by atoms with Crippen LogP contribution in [-0.2, 0) is 12.7 Å². The highest BCUT2D eigenvalue weighted by atomic mass is 35.5. The minimum Gasteiger partial charge on any atom is -0.487 e. The summed E-state index contributed by atoms with van der Waals surface area (Å²) in [5, 5.41) is 1.60. The van der Waals surface area contributed by atoms with Gasteiger partial charge in [-0.15, -0.1) is 12.4 Å². The van der Waals surface area contributed by atoms with Crippen molar-refractivity contribution in [3.8, 4) is 5.75 Å². The quantitative estimate of drug-likeness (QED) is 0.475. The average molecular weight is 441 g/mol. The lowest BCUT2D eigenvalue weighted by atomic mass is 10.1. The van der Waals surface area contributed by atoms with Gasteiger partial charge in [-0.3, -0.25) is 9.88 Å². The van der Waals surface area contributed by atoms with Crippen molar-refractivity contribution >= 4 is 23.2 Å². The second-order valence-corrected chi connectivity index (χ2v) is 7.29. The van der Waals surface area contributed by atoms with Crippen molar-refractivity contribution in [1.82, 2.24) is 9.88 Å². The minimum absolute atomic E-state index is 0. The Balaban J connectivity index is 0.00000256. The molecule has 8 heteroatoms. The van der Waals surface area contributed by atoms with Gasteiger partial charge in [-0.2, -0.15) is 13.2 Å². The second-order valence-electron chi connectivity index (χ2n) is 7.29. The SMILES string of the molecule is Cl.Fc1cc2cnccc2cc1OC1CCN(Cc2ccc(C(F)(F)F)cc2)CC1. The highest BCUT2D eigenvalue weighted by molar-refractivity contribution is 5.85. The molecule has 0 amide bonds. The van der Waals surface area contributed by atoms with Gasteiger partial charge in [-0.1, -0.05) is 12.1 Å². The number of hydrogen-bond donors (Lipinski definition) is 0. The van der Waals surface area contributed by atoms with Gasteiger partial charge in [-0.05, 0) is 54.1 Å². The Kier molecular flexibility index (Phi) is 6.83. The molecule has 1 aliphatic heterocycles. The summed E-state index contributed by atoms with van der Waals surface area (Å²) >= 11 is 0. The smallest absolute Gasteiger partial charge is 0.416 e. The van der Waals surface area contributed by atoms with Crippen molar-refractivity contribution in [2.75, 3.05) is 13.1 Å². The van der Waals surface area contributed by atoms with Crippen LogP contribution in [0.3, 0.4) is 0 Å². The summed E-state index contributed by atoms with van der Waals surface area (Å²) in [6, 6.07) is 10.2. The molecule has 0 saturated carbocycles. The Labute approximate surface area is 178 Å². The molecule has 0 unspecified atom stereocenters. The molecule has 0 aliphatic carbocycles. The van der Waals surface area contributed by atoms with E-state index < -0.39 is 17.6 Å². The lowest BCUT2D eigenvalue weighted by Gasteiger charge is -2.32. The van der Waals surface area contributed by atoms with E-state index in [4.69, 9.17) is 4.74 Å². The number of hydrogen-bond acceptors (Lipinski definition) is 3. The van der Waals surface area contributed by atoms with E-state index in [1.807, 2.05) is 6.07 Å². The number of fused-ring (bicyclic) bond motifs is 1. The normalized spacial score (nSPS) is 15.7. The molecule has 2 aromatic carbocycles. The molecule has 3 aromatic rings. The third-order valence-electron chi connectivity index (χ3n) is 5.21. The first kappa shape index (κ1) is 22.3. The molecular weight excluding hydrogens is 420 g/mol. The summed E-state index contributed by atoms with van der Waals surface area (Å²) in [7, 11) is 0. The third kappa shape index (κ3) is 5.21. The van der Waals surface area contributed by atoms with Gasteiger partial charge in [0.25, 0.3) is 0 Å². The number of alkyl halides is 3. The van der Waals surface area contributed by atoms with Crippen LogP contribution in [0.4, 0.5) is 17.6 Å². The van der Waals surface area contributed by atoms with Gasteiger partial charge >= 0.3 is 6.18 Å². The van der Waals surface area contributed by atoms with Crippen LogP contribution < -0.4 is 4.74 Å². The van der Waals surface area contributed by atoms with E-state index >= 15 is 0 Å². The molecule has 0 bridgehead atoms. The third-order valence-corrected chi connectivity index (χ3v) is 5.21. The topological polar surface area (TPSA) is 25.4 Å². The van der Waals surface area contributed by atoms with E-state index in [0.717, 1.165) is 54.4 Å². The first-order valence-corrected chi connectivity index (χ1v) is 9.47. The van der Waals surface area contributed by atoms with Gasteiger partial charge in [0.05, 0.1) is 5.56 Å². The van der Waals surface area contributed by atoms with Crippen LogP contribution in [-0.4, -0.2) is 29.1 Å². The van der Waals surface area contributed by atoms with Crippen molar-refractivity contribution in [3.63, 3.8) is 0 Å². The molecule has 4 rings (SSSR count). The zero-order chi connectivity index (χ0) is 20.4. The number of aromatic nitrogens is 1. The van der Waals surface area contributed by atoms with E-state index in [0.29, 0.717) is 6.54 Å². The fourth-order valence-corrected chi connectivity index (χ4v) is 3.60. The van der Waals surface area contributed by atoms with Gasteiger partial charge < -0.3 is 4.74 Å². The summed E-state index contributed by atoms with van der Waals surface area (Å²) in [4.78, 5) is 6.16. The van der Waals surface area contributed by atoms with E-state index in [9.17, 15) is 17.6 Å². The van der Waals surface area contributed by atoms with Gasteiger partial charge in [0.15, 0.2) is 11.6 Å². The number of rotatable bonds is 4. The van der Waals surface area contributed by atoms with E-state index in [1.165, 1.54) is 18.2 Å². The van der Waals surface area contributed by atoms with Crippen LogP contribution in [0.2, 0.25) is 0 Å². The Bertz CT molecular complexity index is 987. The zero-order valence-corrected chi connectivity index (χ0v) is 16.8. The number of benzene rings is 2. The summed E-state index contributed by atoms with van der Waals surface area (Å²) in [6.07, 6.45) is 0.324. The van der Waals surface area contributed by atoms with Crippen molar-refractivity contribution in [2.24, 2.45) is 0 Å². The fraction of sp³-hybridized carbons (Fsp3) is 0.318. The van der Waals surface area contributed by atoms with Crippen LogP contribution >= 0.6 is 12.4 Å². The maximum Gasteiger partial charge on any atom is 0.416 e. The van der Waals surface area contributed by atoms with Crippen LogP contribution in [0.25, 0.3) is 10.8 Å². The maximum atomic E-state index is 14.3. The van der Waals surface area contributed by atoms with Crippen LogP contribution in [0.5, 0.6) is 5.75 Å². The molecule has 1 saturated heterocycles. The number of halogens is 5. The number of likely N-dealkylation sites (tertiary alicyclic amines) is 1. The van der Waals surface area contributed by atoms with Crippen molar-refractivity contribution < 1.29 is 22.3 Å². The average Bonchev–Trinajstić information content (AvgIpc) is 2.70. The van der Waals surface area contributed by atoms with Gasteiger partial charge in [0.2, 0.25) is 0 Å². The Morgan fingerprint density at radius 1 is 1.00 bits per heavy atom. The first-order chi connectivity index (χ1) is 13.9. The molecule has 2 heterocycles. The largest absolute Gasteiger partial charge is 0.487 e. The zero-order valence-electron chi connectivity index (χ0n) is 16.0. The van der Waals surface area contributed by atoms with Gasteiger partial charge in [-0.25, -0.2) is 4.39 Å². The Morgan fingerprint density at radius 2 is 1.70 bits per heavy atom.